The molecular weight excluding hydrogens is 320 g/mol. The van der Waals surface area contributed by atoms with Gasteiger partial charge in [0.1, 0.15) is 12.3 Å². The van der Waals surface area contributed by atoms with E-state index in [0.29, 0.717) is 16.5 Å². The number of rotatable bonds is 4. The van der Waals surface area contributed by atoms with Gasteiger partial charge in [0.25, 0.3) is 5.91 Å². The predicted molar refractivity (Wildman–Crippen MR) is 85.9 cm³/mol. The summed E-state index contributed by atoms with van der Waals surface area (Å²) in [4.78, 5) is 25.8. The van der Waals surface area contributed by atoms with Gasteiger partial charge >= 0.3 is 0 Å². The van der Waals surface area contributed by atoms with Crippen LogP contribution in [0.3, 0.4) is 0 Å². The van der Waals surface area contributed by atoms with Crippen LogP contribution in [0.4, 0.5) is 5.69 Å². The molecule has 124 valence electrons. The van der Waals surface area contributed by atoms with Crippen LogP contribution >= 0.6 is 11.6 Å². The molecule has 0 spiro atoms. The fraction of sp³-hybridized carbons (Fsp3) is 0.500. The standard InChI is InChI=1S/C16H19ClN2O4/c1-10(13-3-2-6-22-13)18-15(20)8-19-12-7-11(17)4-5-14(12)23-9-16(19)21/h4-5,7,10,13H,2-3,6,8-9H2,1H3,(H,18,20)/t10-,13+/m0/s1. The first kappa shape index (κ1) is 16.1. The zero-order valence-electron chi connectivity index (χ0n) is 12.9. The van der Waals surface area contributed by atoms with Crippen LogP contribution in [0.1, 0.15) is 19.8 Å². The van der Waals surface area contributed by atoms with Crippen molar-refractivity contribution in [1.29, 1.82) is 0 Å². The Bertz CT molecular complexity index is 616. The number of hydrogen-bond donors (Lipinski definition) is 1. The Hall–Kier alpha value is -1.79. The third-order valence-corrected chi connectivity index (χ3v) is 4.31. The SMILES string of the molecule is C[C@H](NC(=O)CN1C(=O)COc2ccc(Cl)cc21)[C@H]1CCCO1. The molecule has 2 amide bonds. The maximum absolute atomic E-state index is 12.3. The minimum absolute atomic E-state index is 0.0427. The summed E-state index contributed by atoms with van der Waals surface area (Å²) in [5, 5.41) is 3.39. The van der Waals surface area contributed by atoms with E-state index in [1.54, 1.807) is 18.2 Å². The lowest BCUT2D eigenvalue weighted by Gasteiger charge is -2.29. The fourth-order valence-corrected chi connectivity index (χ4v) is 3.05. The van der Waals surface area contributed by atoms with Gasteiger partial charge in [-0.2, -0.15) is 0 Å². The topological polar surface area (TPSA) is 67.9 Å². The van der Waals surface area contributed by atoms with Gasteiger partial charge in [-0.15, -0.1) is 0 Å². The maximum Gasteiger partial charge on any atom is 0.265 e. The van der Waals surface area contributed by atoms with E-state index in [-0.39, 0.29) is 37.1 Å². The number of hydrogen-bond acceptors (Lipinski definition) is 4. The largest absolute Gasteiger partial charge is 0.482 e. The molecule has 23 heavy (non-hydrogen) atoms. The Morgan fingerprint density at radius 1 is 1.52 bits per heavy atom. The van der Waals surface area contributed by atoms with Crippen molar-refractivity contribution < 1.29 is 19.1 Å². The first-order valence-electron chi connectivity index (χ1n) is 7.68. The van der Waals surface area contributed by atoms with E-state index in [1.807, 2.05) is 6.92 Å². The molecule has 0 aromatic heterocycles. The number of ether oxygens (including phenoxy) is 2. The summed E-state index contributed by atoms with van der Waals surface area (Å²) >= 11 is 5.99. The summed E-state index contributed by atoms with van der Waals surface area (Å²) in [5.41, 5.74) is 0.522. The summed E-state index contributed by atoms with van der Waals surface area (Å²) in [6.07, 6.45) is 2.00. The predicted octanol–water partition coefficient (Wildman–Crippen LogP) is 1.75. The van der Waals surface area contributed by atoms with E-state index < -0.39 is 0 Å². The van der Waals surface area contributed by atoms with Crippen molar-refractivity contribution in [3.05, 3.63) is 23.2 Å². The van der Waals surface area contributed by atoms with E-state index in [0.717, 1.165) is 19.4 Å². The number of anilines is 1. The molecule has 1 aromatic carbocycles. The number of fused-ring (bicyclic) bond motifs is 1. The summed E-state index contributed by atoms with van der Waals surface area (Å²) in [7, 11) is 0. The Labute approximate surface area is 139 Å². The molecule has 0 unspecified atom stereocenters. The molecule has 6 nitrogen and oxygen atoms in total. The van der Waals surface area contributed by atoms with Gasteiger partial charge < -0.3 is 14.8 Å². The van der Waals surface area contributed by atoms with Crippen LogP contribution in [-0.4, -0.2) is 43.7 Å². The first-order valence-corrected chi connectivity index (χ1v) is 8.06. The average Bonchev–Trinajstić information content (AvgIpc) is 3.05. The molecule has 7 heteroatoms. The molecular formula is C16H19ClN2O4. The quantitative estimate of drug-likeness (QED) is 0.908. The summed E-state index contributed by atoms with van der Waals surface area (Å²) in [6, 6.07) is 4.93. The Kier molecular flexibility index (Phi) is 4.73. The number of benzene rings is 1. The second-order valence-electron chi connectivity index (χ2n) is 5.79. The molecule has 1 fully saturated rings. The molecule has 1 saturated heterocycles. The normalized spacial score (nSPS) is 21.6. The number of nitrogens with one attached hydrogen (secondary N) is 1. The smallest absolute Gasteiger partial charge is 0.265 e. The van der Waals surface area contributed by atoms with Gasteiger partial charge in [-0.05, 0) is 38.0 Å². The minimum atomic E-state index is -0.264. The lowest BCUT2D eigenvalue weighted by molar-refractivity contribution is -0.126. The highest BCUT2D eigenvalue weighted by atomic mass is 35.5. The average molecular weight is 339 g/mol. The van der Waals surface area contributed by atoms with Crippen molar-refractivity contribution in [2.24, 2.45) is 0 Å². The second-order valence-corrected chi connectivity index (χ2v) is 6.22. The van der Waals surface area contributed by atoms with Gasteiger partial charge in [0.2, 0.25) is 5.91 Å². The van der Waals surface area contributed by atoms with Crippen LogP contribution < -0.4 is 15.0 Å². The molecule has 0 aliphatic carbocycles. The van der Waals surface area contributed by atoms with E-state index in [4.69, 9.17) is 21.1 Å². The number of nitrogens with zero attached hydrogens (tertiary/aromatic N) is 1. The zero-order valence-corrected chi connectivity index (χ0v) is 13.6. The lowest BCUT2D eigenvalue weighted by atomic mass is 10.1. The van der Waals surface area contributed by atoms with E-state index >= 15 is 0 Å². The highest BCUT2D eigenvalue weighted by Crippen LogP contribution is 2.34. The van der Waals surface area contributed by atoms with Gasteiger partial charge in [-0.3, -0.25) is 14.5 Å². The fourth-order valence-electron chi connectivity index (χ4n) is 2.88. The summed E-state index contributed by atoms with van der Waals surface area (Å²) in [6.45, 7) is 2.51. The van der Waals surface area contributed by atoms with Gasteiger partial charge in [0.15, 0.2) is 6.61 Å². The summed E-state index contributed by atoms with van der Waals surface area (Å²) < 4.78 is 10.9. The minimum Gasteiger partial charge on any atom is -0.482 e. The molecule has 0 bridgehead atoms. The highest BCUT2D eigenvalue weighted by Gasteiger charge is 2.29. The van der Waals surface area contributed by atoms with E-state index in [2.05, 4.69) is 5.32 Å². The Balaban J connectivity index is 1.68. The number of carbonyl (C=O) groups is 2. The highest BCUT2D eigenvalue weighted by molar-refractivity contribution is 6.31. The van der Waals surface area contributed by atoms with Crippen LogP contribution in [0, 0.1) is 0 Å². The molecule has 2 aliphatic rings. The lowest BCUT2D eigenvalue weighted by Crippen LogP contribution is -2.49. The van der Waals surface area contributed by atoms with E-state index in [9.17, 15) is 9.59 Å². The molecule has 2 atom stereocenters. The van der Waals surface area contributed by atoms with Crippen LogP contribution in [-0.2, 0) is 14.3 Å². The van der Waals surface area contributed by atoms with Crippen LogP contribution in [0.5, 0.6) is 5.75 Å². The number of carbonyl (C=O) groups excluding carboxylic acids is 2. The molecule has 1 aromatic rings. The maximum atomic E-state index is 12.3. The van der Waals surface area contributed by atoms with Crippen molar-refractivity contribution in [2.45, 2.75) is 31.9 Å². The molecule has 3 rings (SSSR count). The van der Waals surface area contributed by atoms with Crippen LogP contribution in [0.2, 0.25) is 5.02 Å². The van der Waals surface area contributed by atoms with Crippen LogP contribution in [0.25, 0.3) is 0 Å². The second kappa shape index (κ2) is 6.76. The van der Waals surface area contributed by atoms with Gasteiger partial charge in [0, 0.05) is 11.6 Å². The molecule has 2 aliphatic heterocycles. The Morgan fingerprint density at radius 3 is 3.09 bits per heavy atom. The first-order chi connectivity index (χ1) is 11.0. The molecule has 2 heterocycles. The number of amides is 2. The monoisotopic (exact) mass is 338 g/mol. The third-order valence-electron chi connectivity index (χ3n) is 4.08. The Morgan fingerprint density at radius 2 is 2.35 bits per heavy atom. The van der Waals surface area contributed by atoms with Crippen molar-refractivity contribution in [2.75, 3.05) is 24.7 Å². The molecule has 1 N–H and O–H groups in total. The molecule has 0 radical (unpaired) electrons. The van der Waals surface area contributed by atoms with Gasteiger partial charge in [-0.1, -0.05) is 11.6 Å². The van der Waals surface area contributed by atoms with Crippen molar-refractivity contribution in [3.63, 3.8) is 0 Å². The molecule has 0 saturated carbocycles. The third kappa shape index (κ3) is 3.59. The van der Waals surface area contributed by atoms with E-state index in [1.165, 1.54) is 4.90 Å². The van der Waals surface area contributed by atoms with Crippen molar-refractivity contribution in [3.8, 4) is 5.75 Å². The summed E-state index contributed by atoms with van der Waals surface area (Å²) in [5.74, 6) is 0.0582. The number of halogens is 1. The zero-order chi connectivity index (χ0) is 16.4. The van der Waals surface area contributed by atoms with Crippen molar-refractivity contribution >= 4 is 29.1 Å². The van der Waals surface area contributed by atoms with Gasteiger partial charge in [0.05, 0.1) is 17.8 Å². The van der Waals surface area contributed by atoms with Gasteiger partial charge in [-0.25, -0.2) is 0 Å². The van der Waals surface area contributed by atoms with Crippen LogP contribution in [0.15, 0.2) is 18.2 Å². The van der Waals surface area contributed by atoms with Crippen molar-refractivity contribution in [1.82, 2.24) is 5.32 Å².